The number of allylic oxidation sites excluding steroid dienone is 12. The molecule has 0 heterocycles. The normalized spacial score (nSPS) is 12.8. The highest BCUT2D eigenvalue weighted by Gasteiger charge is 2.22. The van der Waals surface area contributed by atoms with E-state index in [-0.39, 0.29) is 23.5 Å². The molecule has 0 saturated heterocycles. The van der Waals surface area contributed by atoms with E-state index in [1.54, 1.807) is 12.1 Å². The van der Waals surface area contributed by atoms with Gasteiger partial charge in [-0.15, -0.1) is 0 Å². The molecular formula is C37H49NO6. The van der Waals surface area contributed by atoms with Gasteiger partial charge in [-0.1, -0.05) is 98.4 Å². The van der Waals surface area contributed by atoms with Gasteiger partial charge in [0.1, 0.15) is 17.6 Å². The second kappa shape index (κ2) is 25.3. The summed E-state index contributed by atoms with van der Waals surface area (Å²) in [7, 11) is 0. The first-order valence-electron chi connectivity index (χ1n) is 15.6. The van der Waals surface area contributed by atoms with Crippen molar-refractivity contribution in [3.05, 3.63) is 103 Å². The van der Waals surface area contributed by atoms with Gasteiger partial charge in [0.2, 0.25) is 0 Å². The number of benzene rings is 1. The van der Waals surface area contributed by atoms with Gasteiger partial charge in [-0.05, 0) is 69.9 Å². The first-order chi connectivity index (χ1) is 21.3. The molecule has 44 heavy (non-hydrogen) atoms. The maximum atomic E-state index is 12.6. The largest absolute Gasteiger partial charge is 0.480 e. The van der Waals surface area contributed by atoms with Gasteiger partial charge in [0, 0.05) is 19.8 Å². The molecule has 1 unspecified atom stereocenters. The number of carbonyl (C=O) groups is 4. The van der Waals surface area contributed by atoms with Crippen LogP contribution in [0.5, 0.6) is 5.75 Å². The van der Waals surface area contributed by atoms with E-state index >= 15 is 0 Å². The number of unbranched alkanes of at least 4 members (excludes halogenated alkanes) is 1. The molecule has 2 N–H and O–H groups in total. The van der Waals surface area contributed by atoms with E-state index in [2.05, 4.69) is 79.1 Å². The number of hydrogen-bond acceptors (Lipinski definition) is 5. The number of aliphatic carboxylic acids is 1. The van der Waals surface area contributed by atoms with Crippen molar-refractivity contribution >= 4 is 23.6 Å². The fourth-order valence-electron chi connectivity index (χ4n) is 4.07. The fraction of sp³-hybridized carbons (Fsp3) is 0.405. The Kier molecular flexibility index (Phi) is 21.7. The summed E-state index contributed by atoms with van der Waals surface area (Å²) >= 11 is 0. The summed E-state index contributed by atoms with van der Waals surface area (Å²) in [4.78, 5) is 47.8. The van der Waals surface area contributed by atoms with Gasteiger partial charge in [0.05, 0.1) is 5.56 Å². The summed E-state index contributed by atoms with van der Waals surface area (Å²) in [5, 5.41) is 12.0. The molecule has 0 fully saturated rings. The number of rotatable bonds is 23. The molecule has 1 atom stereocenters. The molecule has 7 nitrogen and oxygen atoms in total. The number of esters is 1. The third kappa shape index (κ3) is 19.8. The Hall–Kier alpha value is -4.26. The molecule has 238 valence electrons. The lowest BCUT2D eigenvalue weighted by Gasteiger charge is -2.15. The summed E-state index contributed by atoms with van der Waals surface area (Å²) in [5.41, 5.74) is 0.0820. The van der Waals surface area contributed by atoms with Crippen LogP contribution in [0.2, 0.25) is 0 Å². The van der Waals surface area contributed by atoms with Crippen LogP contribution in [0.15, 0.2) is 97.2 Å². The van der Waals surface area contributed by atoms with Gasteiger partial charge >= 0.3 is 11.9 Å². The monoisotopic (exact) mass is 603 g/mol. The number of hydrogen-bond donors (Lipinski definition) is 2. The van der Waals surface area contributed by atoms with Crippen molar-refractivity contribution in [1.82, 2.24) is 5.32 Å². The lowest BCUT2D eigenvalue weighted by molar-refractivity contribution is -0.139. The van der Waals surface area contributed by atoms with Crippen molar-refractivity contribution in [1.29, 1.82) is 0 Å². The Morgan fingerprint density at radius 1 is 0.750 bits per heavy atom. The van der Waals surface area contributed by atoms with E-state index in [9.17, 15) is 24.3 Å². The molecular weight excluding hydrogens is 554 g/mol. The average Bonchev–Trinajstić information content (AvgIpc) is 2.99. The summed E-state index contributed by atoms with van der Waals surface area (Å²) < 4.78 is 5.04. The third-order valence-corrected chi connectivity index (χ3v) is 6.37. The minimum atomic E-state index is -1.16. The lowest BCUT2D eigenvalue weighted by Crippen LogP contribution is -2.40. The molecule has 1 aromatic rings. The second-order valence-electron chi connectivity index (χ2n) is 10.2. The summed E-state index contributed by atoms with van der Waals surface area (Å²) in [6, 6.07) is 5.04. The minimum Gasteiger partial charge on any atom is -0.480 e. The van der Waals surface area contributed by atoms with Crippen LogP contribution in [0.25, 0.3) is 0 Å². The van der Waals surface area contributed by atoms with Crippen molar-refractivity contribution in [2.45, 2.75) is 96.9 Å². The molecule has 0 aromatic heterocycles. The molecule has 0 aliphatic rings. The van der Waals surface area contributed by atoms with E-state index in [0.29, 0.717) is 32.1 Å². The Labute approximate surface area is 263 Å². The van der Waals surface area contributed by atoms with E-state index in [0.717, 1.165) is 38.5 Å². The zero-order chi connectivity index (χ0) is 32.3. The first-order valence-corrected chi connectivity index (χ1v) is 15.6. The number of carboxylic acids is 1. The zero-order valence-corrected chi connectivity index (χ0v) is 26.3. The number of nitrogens with one attached hydrogen (secondary N) is 1. The summed E-state index contributed by atoms with van der Waals surface area (Å²) in [5.74, 6) is -2.17. The highest BCUT2D eigenvalue weighted by Crippen LogP contribution is 2.19. The number of ether oxygens (including phenoxy) is 1. The molecule has 0 aliphatic carbocycles. The van der Waals surface area contributed by atoms with E-state index in [4.69, 9.17) is 4.74 Å². The van der Waals surface area contributed by atoms with Crippen LogP contribution in [-0.2, 0) is 14.4 Å². The maximum absolute atomic E-state index is 12.6. The SMILES string of the molecule is CC/C=C\C/C=C\C/C=C\C/C=C\C/C=C\C/C=C\CCC(=O)CCCCC(NC(=O)c1ccccc1OC(C)=O)C(=O)O. The Balaban J connectivity index is 2.18. The van der Waals surface area contributed by atoms with Crippen LogP contribution >= 0.6 is 0 Å². The lowest BCUT2D eigenvalue weighted by atomic mass is 10.0. The topological polar surface area (TPSA) is 110 Å². The smallest absolute Gasteiger partial charge is 0.326 e. The molecule has 0 aliphatic heterocycles. The quantitative estimate of drug-likeness (QED) is 0.0562. The van der Waals surface area contributed by atoms with Crippen LogP contribution in [0.4, 0.5) is 0 Å². The zero-order valence-electron chi connectivity index (χ0n) is 26.3. The molecule has 1 aromatic carbocycles. The van der Waals surface area contributed by atoms with Crippen LogP contribution in [-0.4, -0.2) is 34.8 Å². The first kappa shape index (κ1) is 37.8. The minimum absolute atomic E-state index is 0.0687. The molecule has 1 amide bonds. The Bertz CT molecular complexity index is 1190. The van der Waals surface area contributed by atoms with Gasteiger partial charge in [-0.3, -0.25) is 14.4 Å². The predicted molar refractivity (Wildman–Crippen MR) is 178 cm³/mol. The van der Waals surface area contributed by atoms with Crippen LogP contribution in [0.1, 0.15) is 101 Å². The Morgan fingerprint density at radius 2 is 1.27 bits per heavy atom. The fourth-order valence-corrected chi connectivity index (χ4v) is 4.07. The van der Waals surface area contributed by atoms with Gasteiger partial charge in [-0.2, -0.15) is 0 Å². The van der Waals surface area contributed by atoms with Crippen LogP contribution < -0.4 is 10.1 Å². The summed E-state index contributed by atoms with van der Waals surface area (Å²) in [6.07, 6.45) is 34.2. The number of ketones is 1. The number of Topliss-reactive ketones (excluding diaryl/α,β-unsaturated/α-hetero) is 1. The molecule has 0 bridgehead atoms. The summed E-state index contributed by atoms with van der Waals surface area (Å²) in [6.45, 7) is 3.36. The van der Waals surface area contributed by atoms with Crippen molar-refractivity contribution in [2.24, 2.45) is 0 Å². The maximum Gasteiger partial charge on any atom is 0.326 e. The van der Waals surface area contributed by atoms with Gasteiger partial charge in [-0.25, -0.2) is 4.79 Å². The average molecular weight is 604 g/mol. The Morgan fingerprint density at radius 3 is 1.80 bits per heavy atom. The molecule has 0 radical (unpaired) electrons. The van der Waals surface area contributed by atoms with Gasteiger partial charge in [0.25, 0.3) is 5.91 Å². The number of carbonyl (C=O) groups excluding carboxylic acids is 3. The number of carboxylic acid groups (broad SMARTS) is 1. The third-order valence-electron chi connectivity index (χ3n) is 6.37. The van der Waals surface area contributed by atoms with Gasteiger partial charge in [0.15, 0.2) is 0 Å². The van der Waals surface area contributed by atoms with Crippen molar-refractivity contribution in [3.8, 4) is 5.75 Å². The van der Waals surface area contributed by atoms with Crippen molar-refractivity contribution < 1.29 is 29.0 Å². The van der Waals surface area contributed by atoms with Gasteiger partial charge < -0.3 is 15.2 Å². The highest BCUT2D eigenvalue weighted by molar-refractivity contribution is 5.99. The van der Waals surface area contributed by atoms with Crippen molar-refractivity contribution in [3.63, 3.8) is 0 Å². The standard InChI is InChI=1S/C37H49NO6/c1-3-4-5-6-7-8-9-10-11-12-13-14-15-16-17-18-19-20-21-26-32(40)27-22-24-29-34(37(42)43)38-36(41)33-28-23-25-30-35(33)44-31(2)39/h4-5,7-8,10-11,13-14,16-17,19-20,23,25,28,30,34H,3,6,9,12,15,18,21-22,24,26-27,29H2,1-2H3,(H,38,41)(H,42,43)/b5-4-,8-7-,11-10-,14-13-,17-16-,20-19-. The number of para-hydroxylation sites is 1. The predicted octanol–water partition coefficient (Wildman–Crippen LogP) is 8.40. The van der Waals surface area contributed by atoms with Crippen molar-refractivity contribution in [2.75, 3.05) is 0 Å². The molecule has 7 heteroatoms. The highest BCUT2D eigenvalue weighted by atomic mass is 16.5. The van der Waals surface area contributed by atoms with E-state index in [1.165, 1.54) is 19.1 Å². The molecule has 0 spiro atoms. The van der Waals surface area contributed by atoms with E-state index in [1.807, 2.05) is 6.08 Å². The van der Waals surface area contributed by atoms with Crippen LogP contribution in [0.3, 0.4) is 0 Å². The van der Waals surface area contributed by atoms with E-state index < -0.39 is 23.9 Å². The number of amides is 1. The molecule has 1 rings (SSSR count). The van der Waals surface area contributed by atoms with Crippen LogP contribution in [0, 0.1) is 0 Å². The second-order valence-corrected chi connectivity index (χ2v) is 10.2. The molecule has 0 saturated carbocycles.